The number of nitro groups is 2. The van der Waals surface area contributed by atoms with Gasteiger partial charge in [-0.15, -0.1) is 0 Å². The van der Waals surface area contributed by atoms with Gasteiger partial charge in [-0.05, 0) is 39.3 Å². The predicted octanol–water partition coefficient (Wildman–Crippen LogP) is 2.39. The predicted molar refractivity (Wildman–Crippen MR) is 139 cm³/mol. The highest BCUT2D eigenvalue weighted by molar-refractivity contribution is 7.90. The van der Waals surface area contributed by atoms with Gasteiger partial charge in [-0.3, -0.25) is 20.2 Å². The average molecular weight is 588 g/mol. The molecule has 0 aromatic heterocycles. The number of hydrogen-bond acceptors (Lipinski definition) is 10. The fraction of sp³-hybridized carbons (Fsp3) is 0.409. The van der Waals surface area contributed by atoms with Crippen LogP contribution in [0, 0.1) is 20.2 Å². The molecule has 0 bridgehead atoms. The Bertz CT molecular complexity index is 1420. The van der Waals surface area contributed by atoms with Crippen LogP contribution in [-0.4, -0.2) is 69.5 Å². The lowest BCUT2D eigenvalue weighted by molar-refractivity contribution is -0.388. The van der Waals surface area contributed by atoms with E-state index in [1.807, 2.05) is 0 Å². The number of benzene rings is 2. The van der Waals surface area contributed by atoms with E-state index < -0.39 is 62.8 Å². The van der Waals surface area contributed by atoms with Crippen molar-refractivity contribution in [3.05, 3.63) is 68.8 Å². The molecular formula is C22H29N5O10S2. The molecule has 17 heteroatoms. The van der Waals surface area contributed by atoms with E-state index in [0.717, 1.165) is 29.2 Å². The van der Waals surface area contributed by atoms with Crippen molar-refractivity contribution < 1.29 is 36.2 Å². The van der Waals surface area contributed by atoms with Gasteiger partial charge in [0.1, 0.15) is 5.60 Å². The van der Waals surface area contributed by atoms with E-state index >= 15 is 0 Å². The Morgan fingerprint density at radius 1 is 0.821 bits per heavy atom. The van der Waals surface area contributed by atoms with Crippen molar-refractivity contribution in [1.82, 2.24) is 14.3 Å². The molecule has 0 fully saturated rings. The molecule has 0 radical (unpaired) electrons. The normalized spacial score (nSPS) is 12.1. The second kappa shape index (κ2) is 12.9. The van der Waals surface area contributed by atoms with E-state index in [0.29, 0.717) is 0 Å². The highest BCUT2D eigenvalue weighted by Gasteiger charge is 2.27. The number of ether oxygens (including phenoxy) is 1. The molecule has 2 N–H and O–H groups in total. The SMILES string of the molecule is CC(C)(C)OC(=O)N(CCCNS(=O)(=O)c1ccccc1[N+](=O)[O-])CCNS(=O)(=O)c1ccccc1[N+](=O)[O-]. The van der Waals surface area contributed by atoms with Gasteiger partial charge in [0, 0.05) is 38.3 Å². The topological polar surface area (TPSA) is 208 Å². The molecule has 214 valence electrons. The minimum atomic E-state index is -4.30. The maximum absolute atomic E-state index is 12.7. The van der Waals surface area contributed by atoms with Gasteiger partial charge in [-0.1, -0.05) is 24.3 Å². The van der Waals surface area contributed by atoms with Crippen molar-refractivity contribution in [3.8, 4) is 0 Å². The molecule has 2 rings (SSSR count). The number of rotatable bonds is 13. The Morgan fingerprint density at radius 3 is 1.69 bits per heavy atom. The Hall–Kier alpha value is -3.67. The molecule has 1 amide bonds. The Labute approximate surface area is 225 Å². The molecule has 0 spiro atoms. The standard InChI is InChI=1S/C22H29N5O10S2/c1-22(2,3)37-21(28)25(16-14-24-39(35,36)20-12-7-5-10-18(20)27(31)32)15-8-13-23-38(33,34)19-11-6-4-9-17(19)26(29)30/h4-7,9-12,23-24H,8,13-16H2,1-3H3. The van der Waals surface area contributed by atoms with Crippen molar-refractivity contribution >= 4 is 37.5 Å². The Balaban J connectivity index is 2.07. The molecule has 0 saturated heterocycles. The molecule has 0 aliphatic heterocycles. The number of para-hydroxylation sites is 2. The third kappa shape index (κ3) is 9.24. The molecule has 0 unspecified atom stereocenters. The first-order chi connectivity index (χ1) is 18.0. The van der Waals surface area contributed by atoms with Crippen LogP contribution in [-0.2, 0) is 24.8 Å². The zero-order valence-electron chi connectivity index (χ0n) is 21.4. The number of carbonyl (C=O) groups is 1. The van der Waals surface area contributed by atoms with E-state index in [9.17, 15) is 41.9 Å². The summed E-state index contributed by atoms with van der Waals surface area (Å²) in [5.74, 6) is 0. The van der Waals surface area contributed by atoms with Crippen molar-refractivity contribution in [3.63, 3.8) is 0 Å². The second-order valence-corrected chi connectivity index (χ2v) is 12.5. The summed E-state index contributed by atoms with van der Waals surface area (Å²) in [6.45, 7) is 4.09. The molecule has 2 aromatic carbocycles. The number of amides is 1. The molecule has 0 atom stereocenters. The molecule has 0 aliphatic carbocycles. The van der Waals surface area contributed by atoms with Crippen LogP contribution in [0.3, 0.4) is 0 Å². The highest BCUT2D eigenvalue weighted by Crippen LogP contribution is 2.23. The molecule has 0 heterocycles. The summed E-state index contributed by atoms with van der Waals surface area (Å²) in [5, 5.41) is 22.4. The average Bonchev–Trinajstić information content (AvgIpc) is 2.84. The number of nitrogens with one attached hydrogen (secondary N) is 2. The van der Waals surface area contributed by atoms with Crippen LogP contribution >= 0.6 is 0 Å². The molecule has 39 heavy (non-hydrogen) atoms. The van der Waals surface area contributed by atoms with Gasteiger partial charge in [-0.2, -0.15) is 0 Å². The van der Waals surface area contributed by atoms with Crippen molar-refractivity contribution in [2.24, 2.45) is 0 Å². The van der Waals surface area contributed by atoms with E-state index in [1.165, 1.54) is 24.3 Å². The number of sulfonamides is 2. The van der Waals surface area contributed by atoms with Crippen molar-refractivity contribution in [2.75, 3.05) is 26.2 Å². The van der Waals surface area contributed by atoms with E-state index in [-0.39, 0.29) is 32.6 Å². The van der Waals surface area contributed by atoms with Crippen LogP contribution in [0.15, 0.2) is 58.3 Å². The lowest BCUT2D eigenvalue weighted by Crippen LogP contribution is -2.42. The first kappa shape index (κ1) is 31.5. The maximum Gasteiger partial charge on any atom is 0.410 e. The number of nitro benzene ring substituents is 2. The van der Waals surface area contributed by atoms with Crippen molar-refractivity contribution in [1.29, 1.82) is 0 Å². The van der Waals surface area contributed by atoms with E-state index in [2.05, 4.69) is 9.44 Å². The minimum Gasteiger partial charge on any atom is -0.444 e. The van der Waals surface area contributed by atoms with Gasteiger partial charge in [-0.25, -0.2) is 31.1 Å². The third-order valence-corrected chi connectivity index (χ3v) is 7.94. The largest absolute Gasteiger partial charge is 0.444 e. The second-order valence-electron chi connectivity index (χ2n) is 9.07. The molecule has 15 nitrogen and oxygen atoms in total. The Morgan fingerprint density at radius 2 is 1.26 bits per heavy atom. The fourth-order valence-electron chi connectivity index (χ4n) is 3.24. The summed E-state index contributed by atoms with van der Waals surface area (Å²) in [6, 6.07) is 9.62. The van der Waals surface area contributed by atoms with Gasteiger partial charge in [0.25, 0.3) is 11.4 Å². The van der Waals surface area contributed by atoms with Gasteiger partial charge >= 0.3 is 6.09 Å². The lowest BCUT2D eigenvalue weighted by Gasteiger charge is -2.27. The third-order valence-electron chi connectivity index (χ3n) is 4.93. The number of hydrogen-bond donors (Lipinski definition) is 2. The zero-order valence-corrected chi connectivity index (χ0v) is 23.0. The van der Waals surface area contributed by atoms with Gasteiger partial charge in [0.05, 0.1) is 9.85 Å². The zero-order chi connectivity index (χ0) is 29.4. The summed E-state index contributed by atoms with van der Waals surface area (Å²) in [7, 11) is -8.53. The molecule has 2 aromatic rings. The first-order valence-corrected chi connectivity index (χ1v) is 14.5. The maximum atomic E-state index is 12.7. The first-order valence-electron chi connectivity index (χ1n) is 11.5. The summed E-state index contributed by atoms with van der Waals surface area (Å²) >= 11 is 0. The van der Waals surface area contributed by atoms with E-state index in [4.69, 9.17) is 4.74 Å². The van der Waals surface area contributed by atoms with Crippen LogP contribution in [0.2, 0.25) is 0 Å². The summed E-state index contributed by atoms with van der Waals surface area (Å²) < 4.78 is 60.2. The minimum absolute atomic E-state index is 0.0516. The van der Waals surface area contributed by atoms with Crippen LogP contribution in [0.25, 0.3) is 0 Å². The fourth-order valence-corrected chi connectivity index (χ4v) is 5.67. The Kier molecular flexibility index (Phi) is 10.5. The smallest absolute Gasteiger partial charge is 0.410 e. The van der Waals surface area contributed by atoms with Crippen LogP contribution in [0.1, 0.15) is 27.2 Å². The molecule has 0 saturated carbocycles. The van der Waals surface area contributed by atoms with Crippen molar-refractivity contribution in [2.45, 2.75) is 42.6 Å². The molecule has 0 aliphatic rings. The number of nitrogens with zero attached hydrogens (tertiary/aromatic N) is 3. The molecular weight excluding hydrogens is 558 g/mol. The van der Waals surface area contributed by atoms with Gasteiger partial charge in [0.2, 0.25) is 20.0 Å². The van der Waals surface area contributed by atoms with E-state index in [1.54, 1.807) is 20.8 Å². The van der Waals surface area contributed by atoms with Crippen LogP contribution in [0.5, 0.6) is 0 Å². The highest BCUT2D eigenvalue weighted by atomic mass is 32.2. The van der Waals surface area contributed by atoms with Crippen LogP contribution < -0.4 is 9.44 Å². The quantitative estimate of drug-likeness (QED) is 0.199. The monoisotopic (exact) mass is 587 g/mol. The summed E-state index contributed by atoms with van der Waals surface area (Å²) in [6.07, 6.45) is -0.746. The summed E-state index contributed by atoms with van der Waals surface area (Å²) in [4.78, 5) is 33.5. The van der Waals surface area contributed by atoms with Gasteiger partial charge < -0.3 is 9.64 Å². The van der Waals surface area contributed by atoms with Crippen LogP contribution in [0.4, 0.5) is 16.2 Å². The number of carbonyl (C=O) groups excluding carboxylic acids is 1. The lowest BCUT2D eigenvalue weighted by atomic mass is 10.2. The van der Waals surface area contributed by atoms with Gasteiger partial charge in [0.15, 0.2) is 9.79 Å². The summed E-state index contributed by atoms with van der Waals surface area (Å²) in [5.41, 5.74) is -2.08.